The first kappa shape index (κ1) is 16.8. The van der Waals surface area contributed by atoms with E-state index in [0.717, 1.165) is 44.0 Å². The van der Waals surface area contributed by atoms with Gasteiger partial charge < -0.3 is 15.4 Å². The Kier molecular flexibility index (Phi) is 6.68. The van der Waals surface area contributed by atoms with Crippen molar-refractivity contribution in [2.24, 2.45) is 0 Å². The predicted octanol–water partition coefficient (Wildman–Crippen LogP) is 1.09. The molecule has 1 aliphatic heterocycles. The van der Waals surface area contributed by atoms with E-state index in [1.165, 1.54) is 5.56 Å². The van der Waals surface area contributed by atoms with E-state index in [9.17, 15) is 4.79 Å². The third-order valence-corrected chi connectivity index (χ3v) is 3.88. The average Bonchev–Trinajstić information content (AvgIpc) is 2.50. The quantitative estimate of drug-likeness (QED) is 0.792. The van der Waals surface area contributed by atoms with Crippen molar-refractivity contribution in [2.75, 3.05) is 45.9 Å². The number of nitrogens with zero attached hydrogens (tertiary/aromatic N) is 1. The zero-order valence-electron chi connectivity index (χ0n) is 13.7. The molecule has 2 N–H and O–H groups in total. The van der Waals surface area contributed by atoms with Gasteiger partial charge in [-0.3, -0.25) is 9.69 Å². The number of hydrogen-bond donors (Lipinski definition) is 2. The number of ether oxygens (including phenoxy) is 1. The molecule has 0 aromatic heterocycles. The highest BCUT2D eigenvalue weighted by atomic mass is 16.5. The normalized spacial score (nSPS) is 15.5. The molecule has 1 aromatic rings. The van der Waals surface area contributed by atoms with Crippen LogP contribution in [0.4, 0.5) is 0 Å². The molecule has 1 amide bonds. The van der Waals surface area contributed by atoms with Crippen molar-refractivity contribution in [1.82, 2.24) is 15.5 Å². The van der Waals surface area contributed by atoms with Crippen LogP contribution in [-0.2, 0) is 4.79 Å². The number of benzene rings is 1. The van der Waals surface area contributed by atoms with Gasteiger partial charge in [0, 0.05) is 39.3 Å². The van der Waals surface area contributed by atoms with Crippen LogP contribution in [0.25, 0.3) is 0 Å². The summed E-state index contributed by atoms with van der Waals surface area (Å²) in [5.74, 6) is 0.916. The summed E-state index contributed by atoms with van der Waals surface area (Å²) in [6, 6.07) is 6.08. The maximum Gasteiger partial charge on any atom is 0.223 e. The van der Waals surface area contributed by atoms with Crippen LogP contribution in [0.15, 0.2) is 18.2 Å². The molecule has 0 spiro atoms. The van der Waals surface area contributed by atoms with Crippen molar-refractivity contribution in [3.05, 3.63) is 29.3 Å². The number of piperazine rings is 1. The number of carbonyl (C=O) groups excluding carboxylic acids is 1. The Morgan fingerprint density at radius 2 is 2.09 bits per heavy atom. The second-order valence-corrected chi connectivity index (χ2v) is 5.81. The number of aryl methyl sites for hydroxylation is 2. The van der Waals surface area contributed by atoms with Crippen LogP contribution in [0.5, 0.6) is 5.75 Å². The molecule has 0 unspecified atom stereocenters. The summed E-state index contributed by atoms with van der Waals surface area (Å²) in [6.07, 6.45) is 0.398. The van der Waals surface area contributed by atoms with Crippen molar-refractivity contribution in [1.29, 1.82) is 0 Å². The molecule has 0 bridgehead atoms. The minimum atomic E-state index is 0.0555. The van der Waals surface area contributed by atoms with E-state index in [0.29, 0.717) is 19.6 Å². The lowest BCUT2D eigenvalue weighted by molar-refractivity contribution is -0.121. The van der Waals surface area contributed by atoms with Gasteiger partial charge in [-0.25, -0.2) is 0 Å². The molecule has 0 aliphatic carbocycles. The summed E-state index contributed by atoms with van der Waals surface area (Å²) in [4.78, 5) is 14.2. The van der Waals surface area contributed by atoms with Crippen molar-refractivity contribution in [3.63, 3.8) is 0 Å². The molecule has 22 heavy (non-hydrogen) atoms. The van der Waals surface area contributed by atoms with Crippen LogP contribution in [-0.4, -0.2) is 56.7 Å². The maximum atomic E-state index is 11.8. The van der Waals surface area contributed by atoms with Gasteiger partial charge in [-0.05, 0) is 25.5 Å². The zero-order valence-corrected chi connectivity index (χ0v) is 13.7. The second-order valence-electron chi connectivity index (χ2n) is 5.81. The molecule has 5 nitrogen and oxygen atoms in total. The maximum absolute atomic E-state index is 11.8. The van der Waals surface area contributed by atoms with Crippen LogP contribution < -0.4 is 15.4 Å². The molecule has 1 fully saturated rings. The van der Waals surface area contributed by atoms with Crippen molar-refractivity contribution >= 4 is 5.91 Å². The van der Waals surface area contributed by atoms with E-state index in [1.807, 2.05) is 19.1 Å². The lowest BCUT2D eigenvalue weighted by Crippen LogP contribution is -2.46. The van der Waals surface area contributed by atoms with E-state index >= 15 is 0 Å². The number of hydrogen-bond acceptors (Lipinski definition) is 4. The number of carbonyl (C=O) groups is 1. The van der Waals surface area contributed by atoms with E-state index in [4.69, 9.17) is 4.74 Å². The molecule has 2 rings (SSSR count). The Hall–Kier alpha value is -1.59. The molecule has 1 aliphatic rings. The van der Waals surface area contributed by atoms with Gasteiger partial charge in [0.2, 0.25) is 5.91 Å². The van der Waals surface area contributed by atoms with Crippen LogP contribution in [0.1, 0.15) is 17.5 Å². The fraction of sp³-hybridized carbons (Fsp3) is 0.588. The molecule has 0 radical (unpaired) electrons. The summed E-state index contributed by atoms with van der Waals surface area (Å²) in [5.41, 5.74) is 2.33. The minimum Gasteiger partial charge on any atom is -0.493 e. The van der Waals surface area contributed by atoms with E-state index in [-0.39, 0.29) is 5.91 Å². The standard InChI is InChI=1S/C17H27N3O2/c1-14-3-4-16(15(2)13-14)22-12-5-17(21)19-8-11-20-9-6-18-7-10-20/h3-4,13,18H,5-12H2,1-2H3,(H,19,21). The van der Waals surface area contributed by atoms with Crippen molar-refractivity contribution in [2.45, 2.75) is 20.3 Å². The van der Waals surface area contributed by atoms with Gasteiger partial charge in [0.25, 0.3) is 0 Å². The molecule has 0 saturated carbocycles. The first-order valence-electron chi connectivity index (χ1n) is 8.05. The van der Waals surface area contributed by atoms with E-state index in [2.05, 4.69) is 28.5 Å². The summed E-state index contributed by atoms with van der Waals surface area (Å²) in [7, 11) is 0. The van der Waals surface area contributed by atoms with Crippen LogP contribution >= 0.6 is 0 Å². The Bertz CT molecular complexity index is 485. The largest absolute Gasteiger partial charge is 0.493 e. The Labute approximate surface area is 133 Å². The highest BCUT2D eigenvalue weighted by Crippen LogP contribution is 2.18. The molecule has 5 heteroatoms. The highest BCUT2D eigenvalue weighted by molar-refractivity contribution is 5.75. The minimum absolute atomic E-state index is 0.0555. The number of amides is 1. The number of nitrogens with one attached hydrogen (secondary N) is 2. The molecule has 0 atom stereocenters. The van der Waals surface area contributed by atoms with Gasteiger partial charge in [0.05, 0.1) is 13.0 Å². The van der Waals surface area contributed by atoms with Crippen LogP contribution in [0.2, 0.25) is 0 Å². The first-order chi connectivity index (χ1) is 10.6. The third kappa shape index (κ3) is 5.66. The lowest BCUT2D eigenvalue weighted by atomic mass is 10.1. The van der Waals surface area contributed by atoms with Gasteiger partial charge in [-0.1, -0.05) is 17.7 Å². The highest BCUT2D eigenvalue weighted by Gasteiger charge is 2.09. The predicted molar refractivity (Wildman–Crippen MR) is 88.3 cm³/mol. The zero-order chi connectivity index (χ0) is 15.8. The number of rotatable bonds is 7. The molecular weight excluding hydrogens is 278 g/mol. The second kappa shape index (κ2) is 8.76. The van der Waals surface area contributed by atoms with Gasteiger partial charge in [0.1, 0.15) is 5.75 Å². The van der Waals surface area contributed by atoms with Gasteiger partial charge in [0.15, 0.2) is 0 Å². The fourth-order valence-corrected chi connectivity index (χ4v) is 2.59. The SMILES string of the molecule is Cc1ccc(OCCC(=O)NCCN2CCNCC2)c(C)c1. The Morgan fingerprint density at radius 1 is 1.32 bits per heavy atom. The van der Waals surface area contributed by atoms with Gasteiger partial charge >= 0.3 is 0 Å². The topological polar surface area (TPSA) is 53.6 Å². The van der Waals surface area contributed by atoms with Crippen molar-refractivity contribution in [3.8, 4) is 5.75 Å². The Morgan fingerprint density at radius 3 is 2.82 bits per heavy atom. The smallest absolute Gasteiger partial charge is 0.223 e. The molecule has 1 heterocycles. The van der Waals surface area contributed by atoms with Crippen molar-refractivity contribution < 1.29 is 9.53 Å². The van der Waals surface area contributed by atoms with Gasteiger partial charge in [-0.2, -0.15) is 0 Å². The van der Waals surface area contributed by atoms with E-state index in [1.54, 1.807) is 0 Å². The molecule has 1 saturated heterocycles. The monoisotopic (exact) mass is 305 g/mol. The summed E-state index contributed by atoms with van der Waals surface area (Å²) in [5, 5.41) is 6.28. The molecule has 1 aromatic carbocycles. The summed E-state index contributed by atoms with van der Waals surface area (Å²) < 4.78 is 5.68. The summed E-state index contributed by atoms with van der Waals surface area (Å²) in [6.45, 7) is 10.3. The Balaban J connectivity index is 1.59. The fourth-order valence-electron chi connectivity index (χ4n) is 2.59. The molecular formula is C17H27N3O2. The average molecular weight is 305 g/mol. The van der Waals surface area contributed by atoms with Crippen LogP contribution in [0, 0.1) is 13.8 Å². The van der Waals surface area contributed by atoms with E-state index < -0.39 is 0 Å². The molecule has 122 valence electrons. The first-order valence-corrected chi connectivity index (χ1v) is 8.05. The summed E-state index contributed by atoms with van der Waals surface area (Å²) >= 11 is 0. The third-order valence-electron chi connectivity index (χ3n) is 3.88. The lowest BCUT2D eigenvalue weighted by Gasteiger charge is -2.27. The van der Waals surface area contributed by atoms with Gasteiger partial charge in [-0.15, -0.1) is 0 Å². The van der Waals surface area contributed by atoms with Crippen LogP contribution in [0.3, 0.4) is 0 Å².